The molecule has 1 aliphatic rings. The quantitative estimate of drug-likeness (QED) is 0.445. The summed E-state index contributed by atoms with van der Waals surface area (Å²) in [5, 5.41) is 3.78. The lowest BCUT2D eigenvalue weighted by molar-refractivity contribution is 0.845. The highest BCUT2D eigenvalue weighted by Gasteiger charge is 2.19. The van der Waals surface area contributed by atoms with E-state index in [4.69, 9.17) is 0 Å². The summed E-state index contributed by atoms with van der Waals surface area (Å²) in [6.45, 7) is 0. The average Bonchev–Trinajstić information content (AvgIpc) is 2.91. The van der Waals surface area contributed by atoms with E-state index in [2.05, 4.69) is 44.7 Å². The molecule has 4 heterocycles. The van der Waals surface area contributed by atoms with Gasteiger partial charge in [0.15, 0.2) is 0 Å². The van der Waals surface area contributed by atoms with Crippen LogP contribution in [-0.2, 0) is 12.8 Å². The van der Waals surface area contributed by atoms with Crippen LogP contribution < -0.4 is 0 Å². The first kappa shape index (κ1) is 9.50. The number of pyridine rings is 2. The van der Waals surface area contributed by atoms with Crippen molar-refractivity contribution in [2.75, 3.05) is 0 Å². The lowest BCUT2D eigenvalue weighted by atomic mass is 10.0. The van der Waals surface area contributed by atoms with Gasteiger partial charge in [-0.25, -0.2) is 4.98 Å². The van der Waals surface area contributed by atoms with Crippen LogP contribution in [0.15, 0.2) is 42.7 Å². The Morgan fingerprint density at radius 1 is 0.895 bits per heavy atom. The highest BCUT2D eigenvalue weighted by Crippen LogP contribution is 2.33. The van der Waals surface area contributed by atoms with Gasteiger partial charge in [-0.05, 0) is 24.3 Å². The molecule has 0 aliphatic carbocycles. The maximum atomic E-state index is 4.64. The van der Waals surface area contributed by atoms with Crippen LogP contribution in [-0.4, -0.2) is 14.4 Å². The van der Waals surface area contributed by atoms with Gasteiger partial charge in [0.2, 0.25) is 0 Å². The number of rotatable bonds is 0. The number of hydrogen-bond acceptors (Lipinski definition) is 2. The van der Waals surface area contributed by atoms with Crippen LogP contribution >= 0.6 is 0 Å². The van der Waals surface area contributed by atoms with Gasteiger partial charge in [-0.1, -0.05) is 24.3 Å². The fourth-order valence-electron chi connectivity index (χ4n) is 3.31. The summed E-state index contributed by atoms with van der Waals surface area (Å²) in [6, 6.07) is 10.6. The second-order valence-electron chi connectivity index (χ2n) is 5.11. The Balaban J connectivity index is 2.27. The standard InChI is InChI=1S/C16H11N3/c1-2-4-13-11(3-1)12-7-8-17-14-6-5-10-9-18-16(13)19(10)15(12)14/h1-4,7-9H,5-6H2. The van der Waals surface area contributed by atoms with E-state index in [1.807, 2.05) is 12.4 Å². The molecular weight excluding hydrogens is 234 g/mol. The normalized spacial score (nSPS) is 13.9. The molecule has 0 N–H and O–H groups in total. The molecule has 1 aromatic carbocycles. The third kappa shape index (κ3) is 1.04. The predicted molar refractivity (Wildman–Crippen MR) is 75.4 cm³/mol. The molecule has 0 unspecified atom stereocenters. The SMILES string of the molecule is c1ccc2c(c1)c1ccnc3c1n1c(cnc21)CC3. The molecule has 90 valence electrons. The van der Waals surface area contributed by atoms with Crippen molar-refractivity contribution in [3.63, 3.8) is 0 Å². The van der Waals surface area contributed by atoms with Crippen LogP contribution in [0.1, 0.15) is 11.4 Å². The summed E-state index contributed by atoms with van der Waals surface area (Å²) < 4.78 is 2.30. The maximum absolute atomic E-state index is 4.64. The fraction of sp³-hybridized carbons (Fsp3) is 0.125. The molecular formula is C16H11N3. The Hall–Kier alpha value is -2.42. The lowest BCUT2D eigenvalue weighted by Gasteiger charge is -2.17. The average molecular weight is 245 g/mol. The van der Waals surface area contributed by atoms with Crippen LogP contribution in [0.3, 0.4) is 0 Å². The third-order valence-electron chi connectivity index (χ3n) is 4.13. The van der Waals surface area contributed by atoms with Crippen molar-refractivity contribution < 1.29 is 0 Å². The summed E-state index contributed by atoms with van der Waals surface area (Å²) in [7, 11) is 0. The van der Waals surface area contributed by atoms with Crippen molar-refractivity contribution in [3.05, 3.63) is 54.1 Å². The molecule has 0 bridgehead atoms. The highest BCUT2D eigenvalue weighted by molar-refractivity contribution is 6.12. The Bertz CT molecular complexity index is 966. The molecule has 0 fully saturated rings. The number of aromatic nitrogens is 3. The minimum absolute atomic E-state index is 1.01. The molecule has 4 aromatic rings. The zero-order valence-electron chi connectivity index (χ0n) is 10.3. The molecule has 19 heavy (non-hydrogen) atoms. The smallest absolute Gasteiger partial charge is 0.145 e. The lowest BCUT2D eigenvalue weighted by Crippen LogP contribution is -2.08. The second kappa shape index (κ2) is 3.12. The van der Waals surface area contributed by atoms with Gasteiger partial charge >= 0.3 is 0 Å². The van der Waals surface area contributed by atoms with Crippen molar-refractivity contribution in [2.45, 2.75) is 12.8 Å². The van der Waals surface area contributed by atoms with Gasteiger partial charge in [-0.3, -0.25) is 9.38 Å². The summed E-state index contributed by atoms with van der Waals surface area (Å²) in [5.74, 6) is 0. The Morgan fingerprint density at radius 3 is 2.74 bits per heavy atom. The van der Waals surface area contributed by atoms with Crippen LogP contribution in [0, 0.1) is 0 Å². The minimum atomic E-state index is 1.01. The van der Waals surface area contributed by atoms with E-state index in [1.54, 1.807) is 0 Å². The van der Waals surface area contributed by atoms with Gasteiger partial charge in [-0.2, -0.15) is 0 Å². The molecule has 3 nitrogen and oxygen atoms in total. The van der Waals surface area contributed by atoms with Crippen molar-refractivity contribution in [1.29, 1.82) is 0 Å². The van der Waals surface area contributed by atoms with E-state index in [1.165, 1.54) is 33.1 Å². The summed E-state index contributed by atoms with van der Waals surface area (Å²) in [4.78, 5) is 9.19. The predicted octanol–water partition coefficient (Wildman–Crippen LogP) is 3.13. The van der Waals surface area contributed by atoms with Gasteiger partial charge in [-0.15, -0.1) is 0 Å². The molecule has 0 atom stereocenters. The molecule has 5 rings (SSSR count). The van der Waals surface area contributed by atoms with E-state index in [0.29, 0.717) is 0 Å². The second-order valence-corrected chi connectivity index (χ2v) is 5.11. The fourth-order valence-corrected chi connectivity index (χ4v) is 3.31. The summed E-state index contributed by atoms with van der Waals surface area (Å²) in [6.07, 6.45) is 5.98. The number of nitrogens with zero attached hydrogens (tertiary/aromatic N) is 3. The van der Waals surface area contributed by atoms with Gasteiger partial charge < -0.3 is 0 Å². The largest absolute Gasteiger partial charge is 0.294 e. The van der Waals surface area contributed by atoms with Crippen molar-refractivity contribution in [2.24, 2.45) is 0 Å². The Morgan fingerprint density at radius 2 is 1.79 bits per heavy atom. The molecule has 3 heteroatoms. The monoisotopic (exact) mass is 245 g/mol. The van der Waals surface area contributed by atoms with Crippen LogP contribution in [0.2, 0.25) is 0 Å². The van der Waals surface area contributed by atoms with E-state index in [9.17, 15) is 0 Å². The zero-order chi connectivity index (χ0) is 12.4. The van der Waals surface area contributed by atoms with Crippen LogP contribution in [0.25, 0.3) is 27.3 Å². The number of benzene rings is 1. The molecule has 3 aromatic heterocycles. The number of aryl methyl sites for hydroxylation is 2. The first-order valence-electron chi connectivity index (χ1n) is 6.58. The van der Waals surface area contributed by atoms with Crippen molar-refractivity contribution in [1.82, 2.24) is 14.4 Å². The van der Waals surface area contributed by atoms with E-state index in [-0.39, 0.29) is 0 Å². The first-order chi connectivity index (χ1) is 9.43. The van der Waals surface area contributed by atoms with Gasteiger partial charge in [0.1, 0.15) is 5.65 Å². The first-order valence-corrected chi connectivity index (χ1v) is 6.58. The summed E-state index contributed by atoms with van der Waals surface area (Å²) in [5.41, 5.74) is 4.80. The molecule has 0 spiro atoms. The topological polar surface area (TPSA) is 30.2 Å². The van der Waals surface area contributed by atoms with E-state index in [0.717, 1.165) is 18.5 Å². The number of fused-ring (bicyclic) bond motifs is 3. The maximum Gasteiger partial charge on any atom is 0.145 e. The molecule has 0 amide bonds. The summed E-state index contributed by atoms with van der Waals surface area (Å²) >= 11 is 0. The molecule has 0 radical (unpaired) electrons. The van der Waals surface area contributed by atoms with Crippen molar-refractivity contribution in [3.8, 4) is 0 Å². The molecule has 1 aliphatic heterocycles. The van der Waals surface area contributed by atoms with E-state index < -0.39 is 0 Å². The minimum Gasteiger partial charge on any atom is -0.294 e. The third-order valence-corrected chi connectivity index (χ3v) is 4.13. The van der Waals surface area contributed by atoms with Crippen LogP contribution in [0.5, 0.6) is 0 Å². The molecule has 0 saturated heterocycles. The number of hydrogen-bond donors (Lipinski definition) is 0. The van der Waals surface area contributed by atoms with Gasteiger partial charge in [0.25, 0.3) is 0 Å². The van der Waals surface area contributed by atoms with Crippen molar-refractivity contribution >= 4 is 27.3 Å². The van der Waals surface area contributed by atoms with Crippen LogP contribution in [0.4, 0.5) is 0 Å². The Kier molecular flexibility index (Phi) is 1.56. The van der Waals surface area contributed by atoms with Gasteiger partial charge in [0, 0.05) is 28.9 Å². The molecule has 0 saturated carbocycles. The number of imidazole rings is 1. The van der Waals surface area contributed by atoms with Gasteiger partial charge in [0.05, 0.1) is 11.2 Å². The Labute approximate surface area is 109 Å². The highest BCUT2D eigenvalue weighted by atomic mass is 15.0. The zero-order valence-corrected chi connectivity index (χ0v) is 10.3. The van der Waals surface area contributed by atoms with E-state index >= 15 is 0 Å².